The van der Waals surface area contributed by atoms with E-state index in [0.717, 1.165) is 35.4 Å². The van der Waals surface area contributed by atoms with Crippen molar-refractivity contribution in [1.82, 2.24) is 5.32 Å². The molecule has 1 amide bonds. The summed E-state index contributed by atoms with van der Waals surface area (Å²) in [5.74, 6) is 0.190. The standard InChI is InChI=1S/C23H30N2O4S/c1-4-22(19-13-12-17-8-5-6-9-18(17)14-19)24-23(26)16-25(30(3,27)28)20-10-7-11-21(15-20)29-2/h7,10-15,22H,4-6,8-9,16H2,1-3H3,(H,24,26). The lowest BCUT2D eigenvalue weighted by molar-refractivity contribution is -0.120. The van der Waals surface area contributed by atoms with Crippen LogP contribution >= 0.6 is 0 Å². The summed E-state index contributed by atoms with van der Waals surface area (Å²) in [4.78, 5) is 12.8. The molecule has 1 aliphatic carbocycles. The van der Waals surface area contributed by atoms with E-state index < -0.39 is 10.0 Å². The van der Waals surface area contributed by atoms with Gasteiger partial charge in [0.05, 0.1) is 25.1 Å². The molecule has 6 nitrogen and oxygen atoms in total. The quantitative estimate of drug-likeness (QED) is 0.694. The fraction of sp³-hybridized carbons (Fsp3) is 0.435. The Morgan fingerprint density at radius 1 is 1.13 bits per heavy atom. The number of anilines is 1. The summed E-state index contributed by atoms with van der Waals surface area (Å²) in [5.41, 5.74) is 4.22. The van der Waals surface area contributed by atoms with Crippen molar-refractivity contribution in [3.63, 3.8) is 0 Å². The van der Waals surface area contributed by atoms with Gasteiger partial charge in [0.25, 0.3) is 0 Å². The third kappa shape index (κ3) is 5.33. The van der Waals surface area contributed by atoms with E-state index in [4.69, 9.17) is 4.74 Å². The van der Waals surface area contributed by atoms with Crippen LogP contribution in [0.5, 0.6) is 5.75 Å². The minimum Gasteiger partial charge on any atom is -0.497 e. The molecule has 0 heterocycles. The van der Waals surface area contributed by atoms with Crippen LogP contribution in [0, 0.1) is 0 Å². The summed E-state index contributed by atoms with van der Waals surface area (Å²) in [6.07, 6.45) is 6.44. The molecule has 1 atom stereocenters. The molecule has 3 rings (SSSR count). The number of fused-ring (bicyclic) bond motifs is 1. The number of methoxy groups -OCH3 is 1. The number of nitrogens with one attached hydrogen (secondary N) is 1. The van der Waals surface area contributed by atoms with Crippen LogP contribution in [0.1, 0.15) is 48.9 Å². The van der Waals surface area contributed by atoms with E-state index in [9.17, 15) is 13.2 Å². The molecular formula is C23H30N2O4S. The molecule has 0 fully saturated rings. The number of rotatable bonds is 8. The maximum absolute atomic E-state index is 12.8. The largest absolute Gasteiger partial charge is 0.497 e. The van der Waals surface area contributed by atoms with Gasteiger partial charge in [-0.1, -0.05) is 31.2 Å². The Hall–Kier alpha value is -2.54. The van der Waals surface area contributed by atoms with Gasteiger partial charge in [0, 0.05) is 6.07 Å². The van der Waals surface area contributed by atoms with Gasteiger partial charge in [-0.25, -0.2) is 8.42 Å². The van der Waals surface area contributed by atoms with Crippen molar-refractivity contribution in [3.8, 4) is 5.75 Å². The second-order valence-electron chi connectivity index (χ2n) is 7.73. The van der Waals surface area contributed by atoms with E-state index >= 15 is 0 Å². The van der Waals surface area contributed by atoms with Crippen LogP contribution in [0.15, 0.2) is 42.5 Å². The number of carbonyl (C=O) groups excluding carboxylic acids is 1. The van der Waals surface area contributed by atoms with Crippen LogP contribution in [-0.2, 0) is 27.7 Å². The molecule has 0 bridgehead atoms. The lowest BCUT2D eigenvalue weighted by atomic mass is 9.89. The Bertz CT molecular complexity index is 1000. The fourth-order valence-corrected chi connectivity index (χ4v) is 4.78. The first-order valence-electron chi connectivity index (χ1n) is 10.3. The molecule has 1 N–H and O–H groups in total. The van der Waals surface area contributed by atoms with E-state index in [1.807, 2.05) is 6.92 Å². The topological polar surface area (TPSA) is 75.7 Å². The van der Waals surface area contributed by atoms with Crippen molar-refractivity contribution in [3.05, 3.63) is 59.2 Å². The van der Waals surface area contributed by atoms with Crippen molar-refractivity contribution >= 4 is 21.6 Å². The summed E-state index contributed by atoms with van der Waals surface area (Å²) >= 11 is 0. The Balaban J connectivity index is 1.77. The van der Waals surface area contributed by atoms with Crippen molar-refractivity contribution in [1.29, 1.82) is 0 Å². The van der Waals surface area contributed by atoms with Crippen LogP contribution < -0.4 is 14.4 Å². The predicted molar refractivity (Wildman–Crippen MR) is 119 cm³/mol. The Morgan fingerprint density at radius 3 is 2.53 bits per heavy atom. The molecule has 0 spiro atoms. The van der Waals surface area contributed by atoms with Crippen molar-refractivity contribution in [2.45, 2.75) is 45.1 Å². The van der Waals surface area contributed by atoms with Gasteiger partial charge in [0.1, 0.15) is 12.3 Å². The minimum atomic E-state index is -3.64. The zero-order valence-electron chi connectivity index (χ0n) is 17.8. The van der Waals surface area contributed by atoms with Crippen molar-refractivity contribution in [2.75, 3.05) is 24.2 Å². The number of aryl methyl sites for hydroxylation is 2. The first-order valence-corrected chi connectivity index (χ1v) is 12.2. The van der Waals surface area contributed by atoms with Gasteiger partial charge < -0.3 is 10.1 Å². The van der Waals surface area contributed by atoms with Gasteiger partial charge >= 0.3 is 0 Å². The molecule has 0 radical (unpaired) electrons. The number of amides is 1. The molecular weight excluding hydrogens is 400 g/mol. The fourth-order valence-electron chi connectivity index (χ4n) is 3.93. The second kappa shape index (κ2) is 9.51. The van der Waals surface area contributed by atoms with Crippen molar-refractivity contribution in [2.24, 2.45) is 0 Å². The number of hydrogen-bond acceptors (Lipinski definition) is 4. The van der Waals surface area contributed by atoms with Crippen molar-refractivity contribution < 1.29 is 17.9 Å². The van der Waals surface area contributed by atoms with E-state index in [0.29, 0.717) is 11.4 Å². The molecule has 1 unspecified atom stereocenters. The number of sulfonamides is 1. The summed E-state index contributed by atoms with van der Waals surface area (Å²) in [7, 11) is -2.13. The zero-order valence-corrected chi connectivity index (χ0v) is 18.7. The average Bonchev–Trinajstić information content (AvgIpc) is 2.74. The zero-order chi connectivity index (χ0) is 21.7. The SMILES string of the molecule is CCC(NC(=O)CN(c1cccc(OC)c1)S(C)(=O)=O)c1ccc2c(c1)CCCC2. The van der Waals surface area contributed by atoms with Crippen LogP contribution in [0.4, 0.5) is 5.69 Å². The first kappa shape index (κ1) is 22.2. The first-order chi connectivity index (χ1) is 14.3. The lowest BCUT2D eigenvalue weighted by Gasteiger charge is -2.25. The highest BCUT2D eigenvalue weighted by atomic mass is 32.2. The summed E-state index contributed by atoms with van der Waals surface area (Å²) in [6.45, 7) is 1.73. The highest BCUT2D eigenvalue weighted by molar-refractivity contribution is 7.92. The van der Waals surface area contributed by atoms with E-state index in [1.54, 1.807) is 24.3 Å². The highest BCUT2D eigenvalue weighted by Crippen LogP contribution is 2.27. The van der Waals surface area contributed by atoms with Crippen LogP contribution in [0.3, 0.4) is 0 Å². The third-order valence-corrected chi connectivity index (χ3v) is 6.69. The predicted octanol–water partition coefficient (Wildman–Crippen LogP) is 3.61. The smallest absolute Gasteiger partial charge is 0.241 e. The van der Waals surface area contributed by atoms with E-state index in [1.165, 1.54) is 31.1 Å². The molecule has 30 heavy (non-hydrogen) atoms. The van der Waals surface area contributed by atoms with Gasteiger partial charge in [0.2, 0.25) is 15.9 Å². The summed E-state index contributed by atoms with van der Waals surface area (Å²) in [5, 5.41) is 3.01. The Kier molecular flexibility index (Phi) is 7.02. The Morgan fingerprint density at radius 2 is 1.87 bits per heavy atom. The number of nitrogens with zero attached hydrogens (tertiary/aromatic N) is 1. The van der Waals surface area contributed by atoms with Gasteiger partial charge in [-0.05, 0) is 60.9 Å². The van der Waals surface area contributed by atoms with Crippen LogP contribution in [0.2, 0.25) is 0 Å². The highest BCUT2D eigenvalue weighted by Gasteiger charge is 2.23. The monoisotopic (exact) mass is 430 g/mol. The molecule has 2 aromatic carbocycles. The number of carbonyl (C=O) groups is 1. The number of benzene rings is 2. The maximum Gasteiger partial charge on any atom is 0.241 e. The van der Waals surface area contributed by atoms with E-state index in [2.05, 4.69) is 23.5 Å². The Labute approximate surface area is 179 Å². The third-order valence-electron chi connectivity index (χ3n) is 5.55. The van der Waals surface area contributed by atoms with Gasteiger partial charge in [0.15, 0.2) is 0 Å². The number of hydrogen-bond donors (Lipinski definition) is 1. The second-order valence-corrected chi connectivity index (χ2v) is 9.64. The number of ether oxygens (including phenoxy) is 1. The summed E-state index contributed by atoms with van der Waals surface area (Å²) < 4.78 is 31.0. The normalized spacial score (nSPS) is 14.5. The average molecular weight is 431 g/mol. The maximum atomic E-state index is 12.8. The van der Waals surface area contributed by atoms with Gasteiger partial charge in [-0.3, -0.25) is 9.10 Å². The molecule has 2 aromatic rings. The van der Waals surface area contributed by atoms with Gasteiger partial charge in [-0.15, -0.1) is 0 Å². The molecule has 1 aliphatic rings. The van der Waals surface area contributed by atoms with Crippen LogP contribution in [0.25, 0.3) is 0 Å². The molecule has 162 valence electrons. The lowest BCUT2D eigenvalue weighted by Crippen LogP contribution is -2.41. The van der Waals surface area contributed by atoms with Crippen LogP contribution in [-0.4, -0.2) is 34.2 Å². The molecule has 0 aromatic heterocycles. The van der Waals surface area contributed by atoms with Gasteiger partial charge in [-0.2, -0.15) is 0 Å². The molecule has 0 aliphatic heterocycles. The summed E-state index contributed by atoms with van der Waals surface area (Å²) in [6, 6.07) is 13.0. The van der Waals surface area contributed by atoms with E-state index in [-0.39, 0.29) is 18.5 Å². The molecule has 0 saturated heterocycles. The minimum absolute atomic E-state index is 0.156. The molecule has 7 heteroatoms. The molecule has 0 saturated carbocycles.